The summed E-state index contributed by atoms with van der Waals surface area (Å²) in [4.78, 5) is 13.9. The molecule has 0 spiro atoms. The molecule has 0 saturated carbocycles. The quantitative estimate of drug-likeness (QED) is 0.769. The van der Waals surface area contributed by atoms with E-state index in [2.05, 4.69) is 13.8 Å². The van der Waals surface area contributed by atoms with Crippen LogP contribution in [0.1, 0.15) is 39.5 Å². The monoisotopic (exact) mass is 212 g/mol. The summed E-state index contributed by atoms with van der Waals surface area (Å²) in [6.45, 7) is 6.81. The van der Waals surface area contributed by atoms with Crippen molar-refractivity contribution in [3.05, 3.63) is 0 Å². The summed E-state index contributed by atoms with van der Waals surface area (Å²) in [6.07, 6.45) is 4.09. The fraction of sp³-hybridized carbons (Fsp3) is 0.917. The second-order valence-electron chi connectivity index (χ2n) is 4.80. The largest absolute Gasteiger partial charge is 0.342 e. The van der Waals surface area contributed by atoms with Gasteiger partial charge in [-0.15, -0.1) is 0 Å². The van der Waals surface area contributed by atoms with Crippen LogP contribution in [0.5, 0.6) is 0 Å². The molecule has 3 heteroatoms. The number of hydrogen-bond donors (Lipinski definition) is 1. The Morgan fingerprint density at radius 1 is 1.60 bits per heavy atom. The first-order valence-corrected chi connectivity index (χ1v) is 6.15. The molecule has 0 aromatic rings. The van der Waals surface area contributed by atoms with Crippen LogP contribution >= 0.6 is 0 Å². The van der Waals surface area contributed by atoms with Crippen LogP contribution in [0.15, 0.2) is 0 Å². The molecule has 1 aliphatic rings. The molecule has 1 aliphatic heterocycles. The van der Waals surface area contributed by atoms with Gasteiger partial charge in [0.25, 0.3) is 0 Å². The zero-order chi connectivity index (χ0) is 11.3. The highest BCUT2D eigenvalue weighted by Crippen LogP contribution is 2.18. The van der Waals surface area contributed by atoms with E-state index in [1.807, 2.05) is 4.90 Å². The normalized spacial score (nSPS) is 23.9. The molecule has 15 heavy (non-hydrogen) atoms. The third kappa shape index (κ3) is 3.82. The van der Waals surface area contributed by atoms with E-state index in [1.165, 1.54) is 6.42 Å². The number of carbonyl (C=O) groups is 1. The lowest BCUT2D eigenvalue weighted by atomic mass is 9.97. The van der Waals surface area contributed by atoms with E-state index in [9.17, 15) is 4.79 Å². The first kappa shape index (κ1) is 12.5. The van der Waals surface area contributed by atoms with Crippen molar-refractivity contribution in [2.45, 2.75) is 39.5 Å². The summed E-state index contributed by atoms with van der Waals surface area (Å²) in [7, 11) is 0. The van der Waals surface area contributed by atoms with Crippen molar-refractivity contribution in [3.8, 4) is 0 Å². The van der Waals surface area contributed by atoms with Gasteiger partial charge in [-0.05, 0) is 31.2 Å². The van der Waals surface area contributed by atoms with Crippen molar-refractivity contribution in [1.29, 1.82) is 0 Å². The molecule has 1 fully saturated rings. The summed E-state index contributed by atoms with van der Waals surface area (Å²) in [5.74, 6) is 1.36. The van der Waals surface area contributed by atoms with Crippen LogP contribution in [0, 0.1) is 11.8 Å². The minimum Gasteiger partial charge on any atom is -0.342 e. The standard InChI is InChI=1S/C12H24N2O/c1-3-10(2)7-12(15)14-6-4-5-11(8-13)9-14/h10-11H,3-9,13H2,1-2H3/t10-,11-/m1/s1. The van der Waals surface area contributed by atoms with Crippen molar-refractivity contribution in [2.24, 2.45) is 17.6 Å². The van der Waals surface area contributed by atoms with Gasteiger partial charge in [0.2, 0.25) is 5.91 Å². The Labute approximate surface area is 93.0 Å². The van der Waals surface area contributed by atoms with E-state index in [-0.39, 0.29) is 0 Å². The lowest BCUT2D eigenvalue weighted by molar-refractivity contribution is -0.133. The second kappa shape index (κ2) is 6.11. The number of hydrogen-bond acceptors (Lipinski definition) is 2. The van der Waals surface area contributed by atoms with Crippen LogP contribution in [0.25, 0.3) is 0 Å². The highest BCUT2D eigenvalue weighted by molar-refractivity contribution is 5.76. The molecular weight excluding hydrogens is 188 g/mol. The minimum atomic E-state index is 0.322. The average molecular weight is 212 g/mol. The third-order valence-corrected chi connectivity index (χ3v) is 3.43. The minimum absolute atomic E-state index is 0.322. The number of piperidine rings is 1. The molecular formula is C12H24N2O. The lowest BCUT2D eigenvalue weighted by Crippen LogP contribution is -2.42. The Morgan fingerprint density at radius 3 is 2.93 bits per heavy atom. The van der Waals surface area contributed by atoms with E-state index >= 15 is 0 Å². The zero-order valence-electron chi connectivity index (χ0n) is 10.0. The molecule has 1 heterocycles. The molecule has 2 atom stereocenters. The van der Waals surface area contributed by atoms with Crippen LogP contribution < -0.4 is 5.73 Å². The maximum absolute atomic E-state index is 11.9. The van der Waals surface area contributed by atoms with E-state index in [4.69, 9.17) is 5.73 Å². The van der Waals surface area contributed by atoms with Crippen LogP contribution in [-0.4, -0.2) is 30.4 Å². The van der Waals surface area contributed by atoms with E-state index in [1.54, 1.807) is 0 Å². The van der Waals surface area contributed by atoms with Gasteiger partial charge in [-0.25, -0.2) is 0 Å². The third-order valence-electron chi connectivity index (χ3n) is 3.43. The average Bonchev–Trinajstić information content (AvgIpc) is 2.28. The van der Waals surface area contributed by atoms with Gasteiger partial charge in [0.15, 0.2) is 0 Å². The van der Waals surface area contributed by atoms with Gasteiger partial charge in [0.05, 0.1) is 0 Å². The number of carbonyl (C=O) groups excluding carboxylic acids is 1. The lowest BCUT2D eigenvalue weighted by Gasteiger charge is -2.32. The van der Waals surface area contributed by atoms with Crippen LogP contribution in [0.2, 0.25) is 0 Å². The molecule has 0 bridgehead atoms. The molecule has 0 aromatic carbocycles. The van der Waals surface area contributed by atoms with Gasteiger partial charge < -0.3 is 10.6 Å². The first-order valence-electron chi connectivity index (χ1n) is 6.15. The Bertz CT molecular complexity index is 206. The Balaban J connectivity index is 2.38. The Morgan fingerprint density at radius 2 is 2.33 bits per heavy atom. The molecule has 0 aromatic heterocycles. The van der Waals surface area contributed by atoms with E-state index < -0.39 is 0 Å². The molecule has 1 amide bonds. The van der Waals surface area contributed by atoms with Crippen molar-refractivity contribution in [1.82, 2.24) is 4.90 Å². The van der Waals surface area contributed by atoms with Crippen molar-refractivity contribution in [3.63, 3.8) is 0 Å². The van der Waals surface area contributed by atoms with Crippen molar-refractivity contribution < 1.29 is 4.79 Å². The van der Waals surface area contributed by atoms with E-state index in [0.717, 1.165) is 25.9 Å². The molecule has 0 radical (unpaired) electrons. The van der Waals surface area contributed by atoms with Crippen molar-refractivity contribution >= 4 is 5.91 Å². The fourth-order valence-electron chi connectivity index (χ4n) is 2.06. The topological polar surface area (TPSA) is 46.3 Å². The number of amides is 1. The predicted molar refractivity (Wildman–Crippen MR) is 62.4 cm³/mol. The van der Waals surface area contributed by atoms with Gasteiger partial charge in [-0.3, -0.25) is 4.79 Å². The van der Waals surface area contributed by atoms with Crippen LogP contribution in [0.3, 0.4) is 0 Å². The highest BCUT2D eigenvalue weighted by atomic mass is 16.2. The van der Waals surface area contributed by atoms with Crippen LogP contribution in [0.4, 0.5) is 0 Å². The maximum Gasteiger partial charge on any atom is 0.222 e. The maximum atomic E-state index is 11.9. The summed E-state index contributed by atoms with van der Waals surface area (Å²) < 4.78 is 0. The molecule has 0 unspecified atom stereocenters. The van der Waals surface area contributed by atoms with Crippen molar-refractivity contribution in [2.75, 3.05) is 19.6 Å². The van der Waals surface area contributed by atoms with Gasteiger partial charge in [-0.2, -0.15) is 0 Å². The predicted octanol–water partition coefficient (Wildman–Crippen LogP) is 1.62. The highest BCUT2D eigenvalue weighted by Gasteiger charge is 2.23. The van der Waals surface area contributed by atoms with Gasteiger partial charge in [0.1, 0.15) is 0 Å². The molecule has 1 rings (SSSR count). The molecule has 0 aliphatic carbocycles. The van der Waals surface area contributed by atoms with Gasteiger partial charge in [-0.1, -0.05) is 20.3 Å². The van der Waals surface area contributed by atoms with Gasteiger partial charge in [0, 0.05) is 19.5 Å². The summed E-state index contributed by atoms with van der Waals surface area (Å²) in [5, 5.41) is 0. The summed E-state index contributed by atoms with van der Waals surface area (Å²) >= 11 is 0. The van der Waals surface area contributed by atoms with Gasteiger partial charge >= 0.3 is 0 Å². The van der Waals surface area contributed by atoms with E-state index in [0.29, 0.717) is 30.7 Å². The summed E-state index contributed by atoms with van der Waals surface area (Å²) in [5.41, 5.74) is 5.66. The first-order chi connectivity index (χ1) is 7.17. The van der Waals surface area contributed by atoms with Crippen LogP contribution in [-0.2, 0) is 4.79 Å². The molecule has 3 nitrogen and oxygen atoms in total. The molecule has 2 N–H and O–H groups in total. The summed E-state index contributed by atoms with van der Waals surface area (Å²) in [6, 6.07) is 0. The number of nitrogens with two attached hydrogens (primary N) is 1. The number of nitrogens with zero attached hydrogens (tertiary/aromatic N) is 1. The number of likely N-dealkylation sites (tertiary alicyclic amines) is 1. The fourth-order valence-corrected chi connectivity index (χ4v) is 2.06. The zero-order valence-corrected chi connectivity index (χ0v) is 10.0. The molecule has 1 saturated heterocycles. The molecule has 88 valence electrons. The second-order valence-corrected chi connectivity index (χ2v) is 4.80. The number of rotatable bonds is 4. The Hall–Kier alpha value is -0.570. The SMILES string of the molecule is CC[C@@H](C)CC(=O)N1CCC[C@H](CN)C1. The smallest absolute Gasteiger partial charge is 0.222 e. The Kier molecular flexibility index (Phi) is 5.09.